The number of aliphatic hydroxyl groups is 1. The standard InChI is InChI=1S/C10H23NO/c1-4-7-9(6-3)11-10(12)8-5-2/h9-12H,4-8H2,1-3H3. The Labute approximate surface area is 76.4 Å². The van der Waals surface area contributed by atoms with Crippen LogP contribution in [0, 0.1) is 0 Å². The fraction of sp³-hybridized carbons (Fsp3) is 1.00. The van der Waals surface area contributed by atoms with E-state index in [9.17, 15) is 5.11 Å². The molecule has 2 atom stereocenters. The summed E-state index contributed by atoms with van der Waals surface area (Å²) in [6, 6.07) is 0.497. The molecule has 2 N–H and O–H groups in total. The Morgan fingerprint density at radius 3 is 2.08 bits per heavy atom. The van der Waals surface area contributed by atoms with Crippen molar-refractivity contribution in [2.75, 3.05) is 0 Å². The summed E-state index contributed by atoms with van der Waals surface area (Å²) in [5, 5.41) is 12.7. The van der Waals surface area contributed by atoms with Crippen molar-refractivity contribution in [3.8, 4) is 0 Å². The van der Waals surface area contributed by atoms with E-state index in [1.165, 1.54) is 6.42 Å². The van der Waals surface area contributed by atoms with Crippen LogP contribution in [0.25, 0.3) is 0 Å². The molecule has 0 spiro atoms. The lowest BCUT2D eigenvalue weighted by atomic mass is 10.1. The van der Waals surface area contributed by atoms with Crippen molar-refractivity contribution in [3.05, 3.63) is 0 Å². The third-order valence-electron chi connectivity index (χ3n) is 2.12. The van der Waals surface area contributed by atoms with Crippen LogP contribution in [0.5, 0.6) is 0 Å². The van der Waals surface area contributed by atoms with E-state index in [2.05, 4.69) is 26.1 Å². The molecule has 0 saturated carbocycles. The minimum atomic E-state index is -0.300. The van der Waals surface area contributed by atoms with Crippen LogP contribution >= 0.6 is 0 Å². The van der Waals surface area contributed by atoms with Gasteiger partial charge < -0.3 is 5.11 Å². The summed E-state index contributed by atoms with van der Waals surface area (Å²) in [6.45, 7) is 6.42. The summed E-state index contributed by atoms with van der Waals surface area (Å²) < 4.78 is 0. The molecule has 0 fully saturated rings. The fourth-order valence-electron chi connectivity index (χ4n) is 1.38. The van der Waals surface area contributed by atoms with E-state index in [0.29, 0.717) is 6.04 Å². The maximum Gasteiger partial charge on any atom is 0.105 e. The molecule has 0 aromatic heterocycles. The van der Waals surface area contributed by atoms with Gasteiger partial charge in [-0.3, -0.25) is 5.32 Å². The Bertz CT molecular complexity index is 95.8. The molecule has 0 heterocycles. The number of aliphatic hydroxyl groups excluding tert-OH is 1. The predicted molar refractivity (Wildman–Crippen MR) is 53.0 cm³/mol. The van der Waals surface area contributed by atoms with Crippen molar-refractivity contribution < 1.29 is 5.11 Å². The average molecular weight is 173 g/mol. The molecule has 2 unspecified atom stereocenters. The summed E-state index contributed by atoms with van der Waals surface area (Å²) in [7, 11) is 0. The predicted octanol–water partition coefficient (Wildman–Crippen LogP) is 2.27. The monoisotopic (exact) mass is 173 g/mol. The zero-order valence-corrected chi connectivity index (χ0v) is 8.64. The first-order valence-corrected chi connectivity index (χ1v) is 5.18. The average Bonchev–Trinajstić information content (AvgIpc) is 2.04. The van der Waals surface area contributed by atoms with Crippen molar-refractivity contribution in [1.29, 1.82) is 0 Å². The summed E-state index contributed by atoms with van der Waals surface area (Å²) in [5.74, 6) is 0. The molecular weight excluding hydrogens is 150 g/mol. The summed E-state index contributed by atoms with van der Waals surface area (Å²) in [5.41, 5.74) is 0. The first-order chi connectivity index (χ1) is 5.74. The van der Waals surface area contributed by atoms with Gasteiger partial charge in [-0.25, -0.2) is 0 Å². The largest absolute Gasteiger partial charge is 0.379 e. The molecule has 2 nitrogen and oxygen atoms in total. The Morgan fingerprint density at radius 2 is 1.67 bits per heavy atom. The van der Waals surface area contributed by atoms with Gasteiger partial charge in [-0.15, -0.1) is 0 Å². The van der Waals surface area contributed by atoms with Crippen LogP contribution in [-0.2, 0) is 0 Å². The molecule has 0 aliphatic rings. The second kappa shape index (κ2) is 7.56. The van der Waals surface area contributed by atoms with Gasteiger partial charge in [-0.1, -0.05) is 33.6 Å². The molecule has 0 bridgehead atoms. The molecule has 0 saturated heterocycles. The molecule has 0 aromatic rings. The number of rotatable bonds is 7. The number of hydrogen-bond acceptors (Lipinski definition) is 2. The molecule has 0 aliphatic heterocycles. The van der Waals surface area contributed by atoms with E-state index in [4.69, 9.17) is 0 Å². The highest BCUT2D eigenvalue weighted by Crippen LogP contribution is 2.03. The van der Waals surface area contributed by atoms with Gasteiger partial charge in [0.05, 0.1) is 0 Å². The quantitative estimate of drug-likeness (QED) is 0.579. The Morgan fingerprint density at radius 1 is 1.08 bits per heavy atom. The molecule has 0 radical (unpaired) electrons. The number of hydrogen-bond donors (Lipinski definition) is 2. The van der Waals surface area contributed by atoms with Gasteiger partial charge in [0, 0.05) is 6.04 Å². The van der Waals surface area contributed by atoms with Gasteiger partial charge in [-0.2, -0.15) is 0 Å². The Kier molecular flexibility index (Phi) is 7.51. The zero-order valence-electron chi connectivity index (χ0n) is 8.64. The second-order valence-corrected chi connectivity index (χ2v) is 3.36. The number of nitrogens with one attached hydrogen (secondary N) is 1. The molecule has 0 aromatic carbocycles. The maximum atomic E-state index is 9.47. The Hall–Kier alpha value is -0.0800. The molecule has 0 amide bonds. The van der Waals surface area contributed by atoms with Crippen LogP contribution in [-0.4, -0.2) is 17.4 Å². The SMILES string of the molecule is CCCC(O)NC(CC)CCC. The van der Waals surface area contributed by atoms with Crippen molar-refractivity contribution in [2.24, 2.45) is 0 Å². The van der Waals surface area contributed by atoms with E-state index in [1.807, 2.05) is 0 Å². The lowest BCUT2D eigenvalue weighted by Gasteiger charge is -2.20. The van der Waals surface area contributed by atoms with Crippen LogP contribution < -0.4 is 5.32 Å². The van der Waals surface area contributed by atoms with Crippen LogP contribution in [0.15, 0.2) is 0 Å². The first kappa shape index (κ1) is 11.9. The smallest absolute Gasteiger partial charge is 0.105 e. The van der Waals surface area contributed by atoms with Crippen LogP contribution in [0.2, 0.25) is 0 Å². The van der Waals surface area contributed by atoms with Crippen LogP contribution in [0.3, 0.4) is 0 Å². The Balaban J connectivity index is 3.53. The van der Waals surface area contributed by atoms with Gasteiger partial charge in [-0.05, 0) is 19.3 Å². The molecule has 0 rings (SSSR count). The highest BCUT2D eigenvalue weighted by Gasteiger charge is 2.08. The molecular formula is C10H23NO. The summed E-state index contributed by atoms with van der Waals surface area (Å²) in [4.78, 5) is 0. The van der Waals surface area contributed by atoms with Crippen LogP contribution in [0.1, 0.15) is 52.9 Å². The van der Waals surface area contributed by atoms with E-state index in [0.717, 1.165) is 25.7 Å². The minimum absolute atomic E-state index is 0.300. The minimum Gasteiger partial charge on any atom is -0.379 e. The summed E-state index contributed by atoms with van der Waals surface area (Å²) in [6.07, 6.45) is 5.05. The first-order valence-electron chi connectivity index (χ1n) is 5.18. The van der Waals surface area contributed by atoms with Gasteiger partial charge in [0.25, 0.3) is 0 Å². The van der Waals surface area contributed by atoms with Crippen LogP contribution in [0.4, 0.5) is 0 Å². The molecule has 0 aliphatic carbocycles. The zero-order chi connectivity index (χ0) is 9.40. The topological polar surface area (TPSA) is 32.3 Å². The molecule has 74 valence electrons. The van der Waals surface area contributed by atoms with Crippen molar-refractivity contribution >= 4 is 0 Å². The molecule has 12 heavy (non-hydrogen) atoms. The third-order valence-corrected chi connectivity index (χ3v) is 2.12. The van der Waals surface area contributed by atoms with Gasteiger partial charge >= 0.3 is 0 Å². The highest BCUT2D eigenvalue weighted by atomic mass is 16.3. The van der Waals surface area contributed by atoms with Gasteiger partial charge in [0.15, 0.2) is 0 Å². The van der Waals surface area contributed by atoms with Gasteiger partial charge in [0.2, 0.25) is 0 Å². The van der Waals surface area contributed by atoms with E-state index < -0.39 is 0 Å². The van der Waals surface area contributed by atoms with E-state index >= 15 is 0 Å². The lowest BCUT2D eigenvalue weighted by molar-refractivity contribution is 0.109. The van der Waals surface area contributed by atoms with Gasteiger partial charge in [0.1, 0.15) is 6.23 Å². The maximum absolute atomic E-state index is 9.47. The van der Waals surface area contributed by atoms with Crippen molar-refractivity contribution in [3.63, 3.8) is 0 Å². The fourth-order valence-corrected chi connectivity index (χ4v) is 1.38. The second-order valence-electron chi connectivity index (χ2n) is 3.36. The van der Waals surface area contributed by atoms with E-state index in [1.54, 1.807) is 0 Å². The normalized spacial score (nSPS) is 16.0. The van der Waals surface area contributed by atoms with Crippen molar-refractivity contribution in [1.82, 2.24) is 5.32 Å². The highest BCUT2D eigenvalue weighted by molar-refractivity contribution is 4.65. The summed E-state index contributed by atoms with van der Waals surface area (Å²) >= 11 is 0. The van der Waals surface area contributed by atoms with E-state index in [-0.39, 0.29) is 6.23 Å². The third kappa shape index (κ3) is 5.56. The van der Waals surface area contributed by atoms with Crippen molar-refractivity contribution in [2.45, 2.75) is 65.1 Å². The molecule has 2 heteroatoms. The lowest BCUT2D eigenvalue weighted by Crippen LogP contribution is -2.37.